The third kappa shape index (κ3) is 3.13. The topological polar surface area (TPSA) is 101 Å². The number of benzene rings is 2. The van der Waals surface area contributed by atoms with Crippen molar-refractivity contribution in [2.45, 2.75) is 0 Å². The molecule has 4 aromatic rings. The van der Waals surface area contributed by atoms with Crippen LogP contribution in [-0.2, 0) is 0 Å². The van der Waals surface area contributed by atoms with Crippen molar-refractivity contribution in [2.24, 2.45) is 0 Å². The van der Waals surface area contributed by atoms with Crippen LogP contribution in [-0.4, -0.2) is 36.3 Å². The number of rotatable bonds is 4. The molecule has 2 heterocycles. The fourth-order valence-electron chi connectivity index (χ4n) is 2.45. The molecule has 0 saturated carbocycles. The Labute approximate surface area is 142 Å². The Morgan fingerprint density at radius 2 is 2.00 bits per heavy atom. The second-order valence-corrected chi connectivity index (χ2v) is 5.31. The van der Waals surface area contributed by atoms with Crippen molar-refractivity contribution in [3.8, 4) is 16.9 Å². The molecule has 0 saturated heterocycles. The Morgan fingerprint density at radius 1 is 1.08 bits per heavy atom. The van der Waals surface area contributed by atoms with E-state index in [2.05, 4.69) is 31.0 Å². The molecule has 0 aliphatic heterocycles. The SMILES string of the molecule is O=C(Nc1cccc(-c2ccn[nH]2)c1)c1cccc(-n2cnnn2)c1. The summed E-state index contributed by atoms with van der Waals surface area (Å²) in [6, 6.07) is 16.5. The van der Waals surface area contributed by atoms with E-state index in [-0.39, 0.29) is 5.91 Å². The molecule has 0 fully saturated rings. The quantitative estimate of drug-likeness (QED) is 0.597. The molecule has 8 heteroatoms. The molecule has 0 radical (unpaired) electrons. The van der Waals surface area contributed by atoms with Gasteiger partial charge in [-0.25, -0.2) is 4.68 Å². The Kier molecular flexibility index (Phi) is 3.76. The van der Waals surface area contributed by atoms with Crippen molar-refractivity contribution in [1.82, 2.24) is 30.4 Å². The molecular formula is C17H13N7O. The molecular weight excluding hydrogens is 318 g/mol. The number of tetrazole rings is 1. The molecule has 4 rings (SSSR count). The lowest BCUT2D eigenvalue weighted by Gasteiger charge is -2.08. The zero-order valence-corrected chi connectivity index (χ0v) is 13.0. The number of aromatic nitrogens is 6. The molecule has 122 valence electrons. The van der Waals surface area contributed by atoms with Crippen LogP contribution in [0.2, 0.25) is 0 Å². The predicted octanol–water partition coefficient (Wildman–Crippen LogP) is 2.30. The van der Waals surface area contributed by atoms with Gasteiger partial charge in [-0.05, 0) is 46.8 Å². The second kappa shape index (κ2) is 6.36. The summed E-state index contributed by atoms with van der Waals surface area (Å²) in [7, 11) is 0. The fourth-order valence-corrected chi connectivity index (χ4v) is 2.45. The van der Waals surface area contributed by atoms with Gasteiger partial charge < -0.3 is 5.32 Å². The van der Waals surface area contributed by atoms with E-state index < -0.39 is 0 Å². The van der Waals surface area contributed by atoms with Gasteiger partial charge >= 0.3 is 0 Å². The Hall–Kier alpha value is -3.81. The van der Waals surface area contributed by atoms with E-state index in [1.165, 1.54) is 11.0 Å². The van der Waals surface area contributed by atoms with Gasteiger partial charge in [-0.15, -0.1) is 5.10 Å². The van der Waals surface area contributed by atoms with Gasteiger partial charge in [0.05, 0.1) is 11.4 Å². The van der Waals surface area contributed by atoms with Gasteiger partial charge in [0.1, 0.15) is 6.33 Å². The van der Waals surface area contributed by atoms with Crippen molar-refractivity contribution in [3.05, 3.63) is 72.7 Å². The highest BCUT2D eigenvalue weighted by atomic mass is 16.1. The maximum Gasteiger partial charge on any atom is 0.255 e. The number of carbonyl (C=O) groups excluding carboxylic acids is 1. The molecule has 2 aromatic carbocycles. The van der Waals surface area contributed by atoms with Crippen LogP contribution in [0.25, 0.3) is 16.9 Å². The van der Waals surface area contributed by atoms with Gasteiger partial charge in [-0.3, -0.25) is 9.89 Å². The Balaban J connectivity index is 1.57. The van der Waals surface area contributed by atoms with Crippen molar-refractivity contribution in [2.75, 3.05) is 5.32 Å². The lowest BCUT2D eigenvalue weighted by molar-refractivity contribution is 0.102. The molecule has 25 heavy (non-hydrogen) atoms. The zero-order chi connectivity index (χ0) is 17.1. The van der Waals surface area contributed by atoms with Crippen LogP contribution in [0.1, 0.15) is 10.4 Å². The van der Waals surface area contributed by atoms with Crippen LogP contribution in [0.3, 0.4) is 0 Å². The lowest BCUT2D eigenvalue weighted by Crippen LogP contribution is -2.12. The van der Waals surface area contributed by atoms with E-state index in [4.69, 9.17) is 0 Å². The minimum atomic E-state index is -0.211. The first-order valence-electron chi connectivity index (χ1n) is 7.54. The van der Waals surface area contributed by atoms with Gasteiger partial charge in [-0.1, -0.05) is 18.2 Å². The number of nitrogens with one attached hydrogen (secondary N) is 2. The van der Waals surface area contributed by atoms with Crippen molar-refractivity contribution in [1.29, 1.82) is 0 Å². The maximum absolute atomic E-state index is 12.5. The summed E-state index contributed by atoms with van der Waals surface area (Å²) in [4.78, 5) is 12.5. The molecule has 2 N–H and O–H groups in total. The third-order valence-corrected chi connectivity index (χ3v) is 3.65. The molecule has 0 unspecified atom stereocenters. The predicted molar refractivity (Wildman–Crippen MR) is 91.1 cm³/mol. The molecule has 1 amide bonds. The average molecular weight is 331 g/mol. The highest BCUT2D eigenvalue weighted by Gasteiger charge is 2.09. The van der Waals surface area contributed by atoms with E-state index in [1.807, 2.05) is 36.4 Å². The summed E-state index contributed by atoms with van der Waals surface area (Å²) in [5, 5.41) is 20.8. The molecule has 2 aromatic heterocycles. The Morgan fingerprint density at radius 3 is 2.80 bits per heavy atom. The van der Waals surface area contributed by atoms with E-state index in [0.29, 0.717) is 16.9 Å². The monoisotopic (exact) mass is 331 g/mol. The summed E-state index contributed by atoms with van der Waals surface area (Å²) in [6.45, 7) is 0. The van der Waals surface area contributed by atoms with Crippen LogP contribution in [0, 0.1) is 0 Å². The first kappa shape index (κ1) is 14.8. The van der Waals surface area contributed by atoms with Gasteiger partial charge in [0.2, 0.25) is 0 Å². The minimum absolute atomic E-state index is 0.211. The smallest absolute Gasteiger partial charge is 0.255 e. The summed E-state index contributed by atoms with van der Waals surface area (Å²) in [6.07, 6.45) is 3.16. The summed E-state index contributed by atoms with van der Waals surface area (Å²) < 4.78 is 1.50. The maximum atomic E-state index is 12.5. The molecule has 0 aliphatic rings. The largest absolute Gasteiger partial charge is 0.322 e. The third-order valence-electron chi connectivity index (χ3n) is 3.65. The number of hydrogen-bond donors (Lipinski definition) is 2. The average Bonchev–Trinajstić information content (AvgIpc) is 3.36. The number of amides is 1. The van der Waals surface area contributed by atoms with E-state index in [1.54, 1.807) is 24.4 Å². The van der Waals surface area contributed by atoms with Crippen molar-refractivity contribution in [3.63, 3.8) is 0 Å². The van der Waals surface area contributed by atoms with Gasteiger partial charge in [0.15, 0.2) is 0 Å². The van der Waals surface area contributed by atoms with Crippen LogP contribution in [0.15, 0.2) is 67.1 Å². The highest BCUT2D eigenvalue weighted by Crippen LogP contribution is 2.21. The molecule has 0 aliphatic carbocycles. The first-order chi connectivity index (χ1) is 12.3. The highest BCUT2D eigenvalue weighted by molar-refractivity contribution is 6.04. The molecule has 0 bridgehead atoms. The first-order valence-corrected chi connectivity index (χ1v) is 7.54. The number of H-pyrrole nitrogens is 1. The number of anilines is 1. The molecule has 8 nitrogen and oxygen atoms in total. The second-order valence-electron chi connectivity index (χ2n) is 5.31. The van der Waals surface area contributed by atoms with E-state index >= 15 is 0 Å². The fraction of sp³-hybridized carbons (Fsp3) is 0. The van der Waals surface area contributed by atoms with Crippen LogP contribution < -0.4 is 5.32 Å². The normalized spacial score (nSPS) is 10.6. The summed E-state index contributed by atoms with van der Waals surface area (Å²) in [5.74, 6) is -0.211. The number of aromatic amines is 1. The standard InChI is InChI=1S/C17H13N7O/c25-17(13-4-2-6-15(10-13)24-11-19-22-23-24)20-14-5-1-3-12(9-14)16-7-8-18-21-16/h1-11H,(H,18,21)(H,20,25). The van der Waals surface area contributed by atoms with E-state index in [0.717, 1.165) is 11.3 Å². The number of nitrogens with zero attached hydrogens (tertiary/aromatic N) is 5. The van der Waals surface area contributed by atoms with Crippen molar-refractivity contribution < 1.29 is 4.79 Å². The van der Waals surface area contributed by atoms with Crippen LogP contribution >= 0.6 is 0 Å². The summed E-state index contributed by atoms with van der Waals surface area (Å²) >= 11 is 0. The minimum Gasteiger partial charge on any atom is -0.322 e. The lowest BCUT2D eigenvalue weighted by atomic mass is 10.1. The van der Waals surface area contributed by atoms with Crippen LogP contribution in [0.5, 0.6) is 0 Å². The van der Waals surface area contributed by atoms with E-state index in [9.17, 15) is 4.79 Å². The number of carbonyl (C=O) groups is 1. The van der Waals surface area contributed by atoms with Crippen LogP contribution in [0.4, 0.5) is 5.69 Å². The van der Waals surface area contributed by atoms with Gasteiger partial charge in [-0.2, -0.15) is 5.10 Å². The van der Waals surface area contributed by atoms with Crippen molar-refractivity contribution >= 4 is 11.6 Å². The molecule has 0 atom stereocenters. The zero-order valence-electron chi connectivity index (χ0n) is 13.0. The van der Waals surface area contributed by atoms with Gasteiger partial charge in [0.25, 0.3) is 5.91 Å². The Bertz CT molecular complexity index is 994. The molecule has 0 spiro atoms. The number of hydrogen-bond acceptors (Lipinski definition) is 5. The summed E-state index contributed by atoms with van der Waals surface area (Å²) in [5.41, 5.74) is 3.75. The van der Waals surface area contributed by atoms with Gasteiger partial charge in [0, 0.05) is 23.0 Å².